The molecule has 0 aliphatic carbocycles. The van der Waals surface area contributed by atoms with Crippen LogP contribution in [0.25, 0.3) is 5.57 Å². The van der Waals surface area contributed by atoms with Crippen LogP contribution in [0, 0.1) is 5.82 Å². The number of halogens is 1. The van der Waals surface area contributed by atoms with Crippen LogP contribution < -0.4 is 4.72 Å². The fraction of sp³-hybridized carbons (Fsp3) is 0.333. The van der Waals surface area contributed by atoms with Gasteiger partial charge >= 0.3 is 5.97 Å². The number of sulfonamides is 1. The molecule has 0 unspecified atom stereocenters. The van der Waals surface area contributed by atoms with Crippen LogP contribution in [0.5, 0.6) is 0 Å². The van der Waals surface area contributed by atoms with Crippen molar-refractivity contribution in [2.45, 2.75) is 19.8 Å². The summed E-state index contributed by atoms with van der Waals surface area (Å²) < 4.78 is 42.8. The third kappa shape index (κ3) is 7.05. The highest BCUT2D eigenvalue weighted by molar-refractivity contribution is 7.90. The molecule has 0 saturated carbocycles. The molecule has 0 radical (unpaired) electrons. The van der Waals surface area contributed by atoms with Crippen molar-refractivity contribution in [3.63, 3.8) is 0 Å². The number of hydrogen-bond acceptors (Lipinski definition) is 5. The van der Waals surface area contributed by atoms with Crippen molar-refractivity contribution < 1.29 is 27.1 Å². The molecule has 1 aromatic rings. The molecule has 0 aliphatic rings. The van der Waals surface area contributed by atoms with E-state index in [0.29, 0.717) is 11.1 Å². The number of amides is 1. The summed E-state index contributed by atoms with van der Waals surface area (Å²) in [6, 6.07) is 5.60. The van der Waals surface area contributed by atoms with Crippen molar-refractivity contribution >= 4 is 27.5 Å². The number of carbonyl (C=O) groups is 2. The second kappa shape index (κ2) is 8.42. The van der Waals surface area contributed by atoms with Gasteiger partial charge < -0.3 is 4.74 Å². The zero-order chi connectivity index (χ0) is 17.5. The van der Waals surface area contributed by atoms with E-state index in [4.69, 9.17) is 0 Å². The molecule has 1 amide bonds. The first-order valence-electron chi connectivity index (χ1n) is 6.79. The fourth-order valence-electron chi connectivity index (χ4n) is 1.76. The van der Waals surface area contributed by atoms with Gasteiger partial charge in [0.25, 0.3) is 5.91 Å². The zero-order valence-corrected chi connectivity index (χ0v) is 13.7. The molecule has 23 heavy (non-hydrogen) atoms. The molecule has 1 aromatic carbocycles. The van der Waals surface area contributed by atoms with Gasteiger partial charge in [-0.2, -0.15) is 0 Å². The molecule has 1 N–H and O–H groups in total. The Morgan fingerprint density at radius 3 is 2.65 bits per heavy atom. The number of nitrogens with one attached hydrogen (secondary N) is 1. The second-order valence-electron chi connectivity index (χ2n) is 4.80. The lowest BCUT2D eigenvalue weighted by molar-refractivity contribution is -0.140. The predicted octanol–water partition coefficient (Wildman–Crippen LogP) is 1.63. The van der Waals surface area contributed by atoms with Gasteiger partial charge in [0.15, 0.2) is 0 Å². The summed E-state index contributed by atoms with van der Waals surface area (Å²) in [7, 11) is -2.64. The third-order valence-electron chi connectivity index (χ3n) is 2.91. The number of esters is 1. The van der Waals surface area contributed by atoms with Crippen LogP contribution in [-0.2, 0) is 24.3 Å². The highest BCUT2D eigenvalue weighted by atomic mass is 32.2. The third-order valence-corrected chi connectivity index (χ3v) is 4.24. The maximum absolute atomic E-state index is 13.1. The SMILES string of the molecule is COC(=O)CCCS(=O)(=O)NC(=O)C=C(C)c1cccc(F)c1. The summed E-state index contributed by atoms with van der Waals surface area (Å²) in [5.74, 6) is -2.18. The number of carbonyl (C=O) groups excluding carboxylic acids is 2. The monoisotopic (exact) mass is 343 g/mol. The molecule has 8 heteroatoms. The Morgan fingerprint density at radius 2 is 2.04 bits per heavy atom. The van der Waals surface area contributed by atoms with E-state index in [1.54, 1.807) is 13.0 Å². The number of hydrogen-bond donors (Lipinski definition) is 1. The fourth-order valence-corrected chi connectivity index (χ4v) is 2.75. The second-order valence-corrected chi connectivity index (χ2v) is 6.64. The van der Waals surface area contributed by atoms with E-state index in [9.17, 15) is 22.4 Å². The van der Waals surface area contributed by atoms with E-state index in [1.165, 1.54) is 25.3 Å². The van der Waals surface area contributed by atoms with Crippen molar-refractivity contribution in [3.05, 3.63) is 41.7 Å². The summed E-state index contributed by atoms with van der Waals surface area (Å²) in [6.45, 7) is 1.57. The van der Waals surface area contributed by atoms with Crippen LogP contribution in [0.1, 0.15) is 25.3 Å². The smallest absolute Gasteiger partial charge is 0.305 e. The Morgan fingerprint density at radius 1 is 1.35 bits per heavy atom. The lowest BCUT2D eigenvalue weighted by Crippen LogP contribution is -2.31. The lowest BCUT2D eigenvalue weighted by atomic mass is 10.1. The molecular formula is C15H18FNO5S. The first-order chi connectivity index (χ1) is 10.7. The van der Waals surface area contributed by atoms with Gasteiger partial charge in [0.2, 0.25) is 10.0 Å². The molecule has 0 atom stereocenters. The molecule has 126 valence electrons. The topological polar surface area (TPSA) is 89.5 Å². The van der Waals surface area contributed by atoms with E-state index >= 15 is 0 Å². The predicted molar refractivity (Wildman–Crippen MR) is 83.2 cm³/mol. The molecule has 0 aliphatic heterocycles. The molecule has 0 fully saturated rings. The molecule has 0 saturated heterocycles. The van der Waals surface area contributed by atoms with E-state index in [1.807, 2.05) is 4.72 Å². The number of methoxy groups -OCH3 is 1. The Kier molecular flexibility index (Phi) is 6.89. The summed E-state index contributed by atoms with van der Waals surface area (Å²) in [5.41, 5.74) is 0.898. The Bertz CT molecular complexity index is 712. The number of benzene rings is 1. The highest BCUT2D eigenvalue weighted by Crippen LogP contribution is 2.14. The number of rotatable bonds is 7. The van der Waals surface area contributed by atoms with Crippen LogP contribution >= 0.6 is 0 Å². The van der Waals surface area contributed by atoms with Gasteiger partial charge in [-0.3, -0.25) is 9.59 Å². The average molecular weight is 343 g/mol. The van der Waals surface area contributed by atoms with Gasteiger partial charge in [0.1, 0.15) is 5.82 Å². The minimum atomic E-state index is -3.85. The van der Waals surface area contributed by atoms with Crippen molar-refractivity contribution in [1.82, 2.24) is 4.72 Å². The van der Waals surface area contributed by atoms with E-state index < -0.39 is 27.7 Å². The zero-order valence-electron chi connectivity index (χ0n) is 12.8. The van der Waals surface area contributed by atoms with Gasteiger partial charge in [0, 0.05) is 12.5 Å². The highest BCUT2D eigenvalue weighted by Gasteiger charge is 2.14. The van der Waals surface area contributed by atoms with Crippen LogP contribution in [0.4, 0.5) is 4.39 Å². The Balaban J connectivity index is 2.64. The number of allylic oxidation sites excluding steroid dienone is 1. The van der Waals surface area contributed by atoms with Crippen LogP contribution in [0.15, 0.2) is 30.3 Å². The van der Waals surface area contributed by atoms with E-state index in [-0.39, 0.29) is 18.6 Å². The van der Waals surface area contributed by atoms with Crippen LogP contribution in [0.3, 0.4) is 0 Å². The van der Waals surface area contributed by atoms with Crippen molar-refractivity contribution in [3.8, 4) is 0 Å². The van der Waals surface area contributed by atoms with Gasteiger partial charge in [-0.15, -0.1) is 0 Å². The molecule has 1 rings (SSSR count). The lowest BCUT2D eigenvalue weighted by Gasteiger charge is -2.06. The molecule has 0 bridgehead atoms. The van der Waals surface area contributed by atoms with Gasteiger partial charge in [-0.1, -0.05) is 12.1 Å². The van der Waals surface area contributed by atoms with Crippen molar-refractivity contribution in [1.29, 1.82) is 0 Å². The summed E-state index contributed by atoms with van der Waals surface area (Å²) in [5, 5.41) is 0. The Hall–Kier alpha value is -2.22. The summed E-state index contributed by atoms with van der Waals surface area (Å²) in [4.78, 5) is 22.6. The number of ether oxygens (including phenoxy) is 1. The first-order valence-corrected chi connectivity index (χ1v) is 8.44. The van der Waals surface area contributed by atoms with E-state index in [2.05, 4.69) is 4.74 Å². The maximum atomic E-state index is 13.1. The van der Waals surface area contributed by atoms with Crippen molar-refractivity contribution in [2.75, 3.05) is 12.9 Å². The molecule has 0 heterocycles. The van der Waals surface area contributed by atoms with E-state index in [0.717, 1.165) is 6.08 Å². The van der Waals surface area contributed by atoms with Crippen LogP contribution in [-0.4, -0.2) is 33.2 Å². The quantitative estimate of drug-likeness (QED) is 0.600. The Labute approximate surface area is 134 Å². The molecular weight excluding hydrogens is 325 g/mol. The average Bonchev–Trinajstić information content (AvgIpc) is 2.45. The minimum Gasteiger partial charge on any atom is -0.469 e. The van der Waals surface area contributed by atoms with Crippen LogP contribution in [0.2, 0.25) is 0 Å². The minimum absolute atomic E-state index is 0.0435. The summed E-state index contributed by atoms with van der Waals surface area (Å²) in [6.07, 6.45) is 1.07. The molecule has 0 aromatic heterocycles. The van der Waals surface area contributed by atoms with Gasteiger partial charge in [0.05, 0.1) is 12.9 Å². The first kappa shape index (κ1) is 18.8. The van der Waals surface area contributed by atoms with Gasteiger partial charge in [-0.25, -0.2) is 17.5 Å². The normalized spacial score (nSPS) is 11.9. The largest absolute Gasteiger partial charge is 0.469 e. The maximum Gasteiger partial charge on any atom is 0.305 e. The molecule has 6 nitrogen and oxygen atoms in total. The van der Waals surface area contributed by atoms with Gasteiger partial charge in [-0.05, 0) is 36.6 Å². The molecule has 0 spiro atoms. The van der Waals surface area contributed by atoms with Crippen molar-refractivity contribution in [2.24, 2.45) is 0 Å². The standard InChI is InChI=1S/C15H18FNO5S/c1-11(12-5-3-6-13(16)10-12)9-14(18)17-23(20,21)8-4-7-15(19)22-2/h3,5-6,9-10H,4,7-8H2,1-2H3,(H,17,18). The summed E-state index contributed by atoms with van der Waals surface area (Å²) >= 11 is 0.